The SMILES string of the molecule is CCOCC(C)OC1CC(N)C1OC. The molecule has 0 spiro atoms. The van der Waals surface area contributed by atoms with Crippen molar-refractivity contribution in [1.82, 2.24) is 0 Å². The van der Waals surface area contributed by atoms with Gasteiger partial charge in [-0.15, -0.1) is 0 Å². The van der Waals surface area contributed by atoms with E-state index in [4.69, 9.17) is 19.9 Å². The van der Waals surface area contributed by atoms with Gasteiger partial charge >= 0.3 is 0 Å². The summed E-state index contributed by atoms with van der Waals surface area (Å²) < 4.78 is 16.2. The second kappa shape index (κ2) is 5.66. The topological polar surface area (TPSA) is 53.7 Å². The van der Waals surface area contributed by atoms with Gasteiger partial charge in [-0.1, -0.05) is 0 Å². The smallest absolute Gasteiger partial charge is 0.0984 e. The number of nitrogens with two attached hydrogens (primary N) is 1. The Hall–Kier alpha value is -0.160. The molecule has 0 amide bonds. The van der Waals surface area contributed by atoms with Crippen molar-refractivity contribution in [1.29, 1.82) is 0 Å². The molecule has 4 heteroatoms. The maximum absolute atomic E-state index is 5.76. The van der Waals surface area contributed by atoms with Crippen molar-refractivity contribution in [3.8, 4) is 0 Å². The first kappa shape index (κ1) is 11.9. The summed E-state index contributed by atoms with van der Waals surface area (Å²) in [6.07, 6.45) is 1.20. The molecule has 1 aliphatic rings. The van der Waals surface area contributed by atoms with Gasteiger partial charge in [-0.25, -0.2) is 0 Å². The summed E-state index contributed by atoms with van der Waals surface area (Å²) in [6, 6.07) is 0.129. The van der Waals surface area contributed by atoms with Crippen LogP contribution in [0.1, 0.15) is 20.3 Å². The summed E-state index contributed by atoms with van der Waals surface area (Å²) in [5.41, 5.74) is 5.76. The highest BCUT2D eigenvalue weighted by molar-refractivity contribution is 4.95. The Morgan fingerprint density at radius 3 is 2.71 bits per heavy atom. The van der Waals surface area contributed by atoms with E-state index in [-0.39, 0.29) is 24.4 Å². The van der Waals surface area contributed by atoms with Gasteiger partial charge in [-0.05, 0) is 20.3 Å². The van der Waals surface area contributed by atoms with E-state index in [9.17, 15) is 0 Å². The minimum Gasteiger partial charge on any atom is -0.379 e. The molecule has 1 aliphatic carbocycles. The first-order chi connectivity index (χ1) is 6.69. The van der Waals surface area contributed by atoms with Crippen LogP contribution in [-0.2, 0) is 14.2 Å². The molecule has 1 fully saturated rings. The Morgan fingerprint density at radius 2 is 2.21 bits per heavy atom. The fourth-order valence-electron chi connectivity index (χ4n) is 1.70. The largest absolute Gasteiger partial charge is 0.379 e. The zero-order valence-corrected chi connectivity index (χ0v) is 9.23. The molecule has 0 aromatic heterocycles. The Kier molecular flexibility index (Phi) is 4.81. The normalized spacial score (nSPS) is 33.9. The lowest BCUT2D eigenvalue weighted by Gasteiger charge is -2.42. The molecule has 0 aromatic carbocycles. The van der Waals surface area contributed by atoms with Crippen molar-refractivity contribution in [2.24, 2.45) is 5.73 Å². The number of hydrogen-bond donors (Lipinski definition) is 1. The van der Waals surface area contributed by atoms with E-state index in [1.54, 1.807) is 7.11 Å². The summed E-state index contributed by atoms with van der Waals surface area (Å²) >= 11 is 0. The molecule has 0 aromatic rings. The Bertz CT molecular complexity index is 165. The van der Waals surface area contributed by atoms with Crippen molar-refractivity contribution in [3.63, 3.8) is 0 Å². The van der Waals surface area contributed by atoms with E-state index in [1.165, 1.54) is 0 Å². The van der Waals surface area contributed by atoms with E-state index in [1.807, 2.05) is 13.8 Å². The Morgan fingerprint density at radius 1 is 1.50 bits per heavy atom. The van der Waals surface area contributed by atoms with Crippen LogP contribution in [0.5, 0.6) is 0 Å². The number of methoxy groups -OCH3 is 1. The molecule has 14 heavy (non-hydrogen) atoms. The van der Waals surface area contributed by atoms with Crippen LogP contribution in [0.15, 0.2) is 0 Å². The van der Waals surface area contributed by atoms with Crippen LogP contribution >= 0.6 is 0 Å². The van der Waals surface area contributed by atoms with Crippen LogP contribution in [0, 0.1) is 0 Å². The third-order valence-electron chi connectivity index (χ3n) is 2.53. The highest BCUT2D eigenvalue weighted by atomic mass is 16.6. The van der Waals surface area contributed by atoms with Crippen molar-refractivity contribution < 1.29 is 14.2 Å². The molecular weight excluding hydrogens is 182 g/mol. The van der Waals surface area contributed by atoms with Crippen LogP contribution in [0.3, 0.4) is 0 Å². The third kappa shape index (κ3) is 2.92. The van der Waals surface area contributed by atoms with E-state index in [0.717, 1.165) is 13.0 Å². The fraction of sp³-hybridized carbons (Fsp3) is 1.00. The lowest BCUT2D eigenvalue weighted by Crippen LogP contribution is -2.58. The van der Waals surface area contributed by atoms with Gasteiger partial charge < -0.3 is 19.9 Å². The van der Waals surface area contributed by atoms with Gasteiger partial charge in [0.2, 0.25) is 0 Å². The molecule has 0 heterocycles. The Labute approximate surface area is 85.7 Å². The summed E-state index contributed by atoms with van der Waals surface area (Å²) in [6.45, 7) is 5.35. The molecule has 0 aliphatic heterocycles. The van der Waals surface area contributed by atoms with Gasteiger partial charge in [0.05, 0.1) is 24.9 Å². The predicted octanol–water partition coefficient (Wildman–Crippen LogP) is 0.543. The summed E-state index contributed by atoms with van der Waals surface area (Å²) in [5, 5.41) is 0. The lowest BCUT2D eigenvalue weighted by molar-refractivity contribution is -0.157. The van der Waals surface area contributed by atoms with E-state index in [0.29, 0.717) is 6.61 Å². The molecule has 0 saturated heterocycles. The molecule has 4 atom stereocenters. The quantitative estimate of drug-likeness (QED) is 0.684. The molecule has 4 nitrogen and oxygen atoms in total. The Balaban J connectivity index is 2.17. The summed E-state index contributed by atoms with van der Waals surface area (Å²) in [5.74, 6) is 0. The highest BCUT2D eigenvalue weighted by Crippen LogP contribution is 2.26. The first-order valence-corrected chi connectivity index (χ1v) is 5.20. The van der Waals surface area contributed by atoms with Crippen molar-refractivity contribution in [3.05, 3.63) is 0 Å². The second-order valence-corrected chi connectivity index (χ2v) is 3.74. The minimum atomic E-state index is 0.0547. The predicted molar refractivity (Wildman–Crippen MR) is 54.2 cm³/mol. The average Bonchev–Trinajstić information content (AvgIpc) is 2.14. The maximum Gasteiger partial charge on any atom is 0.0984 e. The number of hydrogen-bond acceptors (Lipinski definition) is 4. The molecule has 1 rings (SSSR count). The fourth-order valence-corrected chi connectivity index (χ4v) is 1.70. The van der Waals surface area contributed by atoms with Crippen molar-refractivity contribution in [2.45, 2.75) is 44.6 Å². The van der Waals surface area contributed by atoms with Crippen LogP contribution < -0.4 is 5.73 Å². The second-order valence-electron chi connectivity index (χ2n) is 3.74. The zero-order valence-electron chi connectivity index (χ0n) is 9.23. The van der Waals surface area contributed by atoms with Gasteiger partial charge in [-0.3, -0.25) is 0 Å². The van der Waals surface area contributed by atoms with Gasteiger partial charge in [0.1, 0.15) is 0 Å². The molecular formula is C10H21NO3. The lowest BCUT2D eigenvalue weighted by atomic mass is 9.86. The van der Waals surface area contributed by atoms with Crippen LogP contribution in [-0.4, -0.2) is 44.7 Å². The van der Waals surface area contributed by atoms with E-state index >= 15 is 0 Å². The summed E-state index contributed by atoms with van der Waals surface area (Å²) in [7, 11) is 1.67. The van der Waals surface area contributed by atoms with Gasteiger partial charge in [-0.2, -0.15) is 0 Å². The third-order valence-corrected chi connectivity index (χ3v) is 2.53. The minimum absolute atomic E-state index is 0.0547. The molecule has 0 radical (unpaired) electrons. The van der Waals surface area contributed by atoms with Crippen LogP contribution in [0.25, 0.3) is 0 Å². The van der Waals surface area contributed by atoms with Gasteiger partial charge in [0.15, 0.2) is 0 Å². The van der Waals surface area contributed by atoms with Crippen molar-refractivity contribution in [2.75, 3.05) is 20.3 Å². The van der Waals surface area contributed by atoms with E-state index in [2.05, 4.69) is 0 Å². The highest BCUT2D eigenvalue weighted by Gasteiger charge is 2.40. The van der Waals surface area contributed by atoms with Gasteiger partial charge in [0.25, 0.3) is 0 Å². The molecule has 2 N–H and O–H groups in total. The molecule has 0 bridgehead atoms. The molecule has 84 valence electrons. The zero-order chi connectivity index (χ0) is 10.6. The monoisotopic (exact) mass is 203 g/mol. The number of rotatable bonds is 6. The standard InChI is InChI=1S/C10H21NO3/c1-4-13-6-7(2)14-9-5-8(11)10(9)12-3/h7-10H,4-6,11H2,1-3H3. The van der Waals surface area contributed by atoms with Crippen molar-refractivity contribution >= 4 is 0 Å². The van der Waals surface area contributed by atoms with Crippen LogP contribution in [0.2, 0.25) is 0 Å². The van der Waals surface area contributed by atoms with Gasteiger partial charge in [0, 0.05) is 19.8 Å². The van der Waals surface area contributed by atoms with E-state index < -0.39 is 0 Å². The molecule has 4 unspecified atom stereocenters. The summed E-state index contributed by atoms with van der Waals surface area (Å²) in [4.78, 5) is 0. The molecule has 1 saturated carbocycles. The average molecular weight is 203 g/mol. The number of ether oxygens (including phenoxy) is 3. The van der Waals surface area contributed by atoms with Crippen LogP contribution in [0.4, 0.5) is 0 Å². The maximum atomic E-state index is 5.76. The first-order valence-electron chi connectivity index (χ1n) is 5.20.